The first-order valence-electron chi connectivity index (χ1n) is 12.7. The zero-order chi connectivity index (χ0) is 25.1. The number of carboxylic acid groups (broad SMARTS) is 1. The van der Waals surface area contributed by atoms with Crippen LogP contribution in [0.2, 0.25) is 0 Å². The standard InChI is InChI=1S/C26H39N3O5/c1-4-7-11-22-20(19-34-24-13-10-12-23(29(32)33)21(24)18-27)14-17-28(25(30)31)26(22,15-8-5-2)16-9-6-3/h10,12-13,20,22H,4-9,11,14-17,19H2,1-3H3,(H,30,31). The normalized spacial score (nSPS) is 19.4. The number of carbonyl (C=O) groups is 1. The number of nitriles is 1. The van der Waals surface area contributed by atoms with Crippen molar-refractivity contribution >= 4 is 11.8 Å². The summed E-state index contributed by atoms with van der Waals surface area (Å²) in [7, 11) is 0. The van der Waals surface area contributed by atoms with Crippen molar-refractivity contribution in [3.05, 3.63) is 33.9 Å². The number of unbranched alkanes of at least 4 members (excludes halogenated alkanes) is 3. The molecule has 2 rings (SSSR count). The smallest absolute Gasteiger partial charge is 0.407 e. The molecule has 1 aliphatic heterocycles. The maximum absolute atomic E-state index is 12.4. The van der Waals surface area contributed by atoms with Gasteiger partial charge in [-0.15, -0.1) is 0 Å². The third kappa shape index (κ3) is 6.19. The van der Waals surface area contributed by atoms with E-state index in [1.165, 1.54) is 12.1 Å². The second-order valence-electron chi connectivity index (χ2n) is 9.37. The van der Waals surface area contributed by atoms with Crippen molar-refractivity contribution < 1.29 is 19.6 Å². The van der Waals surface area contributed by atoms with E-state index in [0.29, 0.717) is 19.6 Å². The number of nitrogens with zero attached hydrogens (tertiary/aromatic N) is 3. The van der Waals surface area contributed by atoms with Crippen LogP contribution in [0.3, 0.4) is 0 Å². The summed E-state index contributed by atoms with van der Waals surface area (Å²) in [6.45, 7) is 7.19. The van der Waals surface area contributed by atoms with Gasteiger partial charge in [-0.25, -0.2) is 4.79 Å². The van der Waals surface area contributed by atoms with Gasteiger partial charge in [0.15, 0.2) is 5.56 Å². The minimum absolute atomic E-state index is 0.0659. The van der Waals surface area contributed by atoms with Gasteiger partial charge in [0.2, 0.25) is 0 Å². The van der Waals surface area contributed by atoms with Crippen LogP contribution in [0.5, 0.6) is 5.75 Å². The van der Waals surface area contributed by atoms with Gasteiger partial charge in [-0.1, -0.05) is 65.4 Å². The van der Waals surface area contributed by atoms with Gasteiger partial charge in [-0.2, -0.15) is 5.26 Å². The van der Waals surface area contributed by atoms with Gasteiger partial charge in [0, 0.05) is 18.2 Å². The molecule has 0 aromatic heterocycles. The summed E-state index contributed by atoms with van der Waals surface area (Å²) in [6.07, 6.45) is 8.39. The maximum atomic E-state index is 12.4. The molecule has 8 nitrogen and oxygen atoms in total. The van der Waals surface area contributed by atoms with E-state index >= 15 is 0 Å². The molecule has 0 bridgehead atoms. The Labute approximate surface area is 203 Å². The van der Waals surface area contributed by atoms with Crippen LogP contribution in [0.1, 0.15) is 90.5 Å². The first-order valence-corrected chi connectivity index (χ1v) is 12.7. The van der Waals surface area contributed by atoms with Crippen molar-refractivity contribution in [2.75, 3.05) is 13.2 Å². The summed E-state index contributed by atoms with van der Waals surface area (Å²) in [6, 6.07) is 6.36. The quantitative estimate of drug-likeness (QED) is 0.249. The number of ether oxygens (including phenoxy) is 1. The van der Waals surface area contributed by atoms with E-state index in [1.807, 2.05) is 6.07 Å². The number of nitro benzene ring substituents is 1. The highest BCUT2D eigenvalue weighted by molar-refractivity contribution is 5.66. The molecule has 1 saturated heterocycles. The van der Waals surface area contributed by atoms with Gasteiger partial charge >= 0.3 is 6.09 Å². The van der Waals surface area contributed by atoms with E-state index in [9.17, 15) is 25.3 Å². The second kappa shape index (κ2) is 13.2. The Morgan fingerprint density at radius 1 is 1.24 bits per heavy atom. The van der Waals surface area contributed by atoms with Crippen molar-refractivity contribution in [1.82, 2.24) is 4.90 Å². The number of rotatable bonds is 13. The number of hydrogen-bond acceptors (Lipinski definition) is 5. The lowest BCUT2D eigenvalue weighted by atomic mass is 9.64. The number of amides is 1. The highest BCUT2D eigenvalue weighted by Crippen LogP contribution is 2.47. The molecule has 0 radical (unpaired) electrons. The molecule has 2 unspecified atom stereocenters. The van der Waals surface area contributed by atoms with Crippen LogP contribution < -0.4 is 4.74 Å². The molecule has 1 fully saturated rings. The van der Waals surface area contributed by atoms with Crippen molar-refractivity contribution in [2.24, 2.45) is 11.8 Å². The summed E-state index contributed by atoms with van der Waals surface area (Å²) in [4.78, 5) is 24.9. The van der Waals surface area contributed by atoms with Crippen LogP contribution in [0, 0.1) is 33.3 Å². The average Bonchev–Trinajstić information content (AvgIpc) is 2.83. The van der Waals surface area contributed by atoms with E-state index in [1.54, 1.807) is 11.0 Å². The van der Waals surface area contributed by atoms with Crippen molar-refractivity contribution in [1.29, 1.82) is 5.26 Å². The molecule has 0 aliphatic carbocycles. The lowest BCUT2D eigenvalue weighted by Gasteiger charge is -2.55. The van der Waals surface area contributed by atoms with E-state index in [-0.39, 0.29) is 28.8 Å². The van der Waals surface area contributed by atoms with Crippen molar-refractivity contribution in [2.45, 2.75) is 90.5 Å². The third-order valence-electron chi connectivity index (χ3n) is 7.31. The molecule has 188 valence electrons. The summed E-state index contributed by atoms with van der Waals surface area (Å²) < 4.78 is 6.07. The Balaban J connectivity index is 2.41. The number of likely N-dealkylation sites (tertiary alicyclic amines) is 1. The molecule has 34 heavy (non-hydrogen) atoms. The van der Waals surface area contributed by atoms with Crippen LogP contribution in [-0.4, -0.2) is 39.7 Å². The van der Waals surface area contributed by atoms with Crippen LogP contribution in [0.4, 0.5) is 10.5 Å². The molecule has 1 amide bonds. The summed E-state index contributed by atoms with van der Waals surface area (Å²) in [5.74, 6) is 0.473. The Morgan fingerprint density at radius 3 is 2.41 bits per heavy atom. The topological polar surface area (TPSA) is 117 Å². The fourth-order valence-electron chi connectivity index (χ4n) is 5.60. The predicted octanol–water partition coefficient (Wildman–Crippen LogP) is 6.77. The van der Waals surface area contributed by atoms with E-state index in [4.69, 9.17) is 4.74 Å². The molecule has 1 aromatic rings. The van der Waals surface area contributed by atoms with Gasteiger partial charge in [0.05, 0.1) is 11.5 Å². The fraction of sp³-hybridized carbons (Fsp3) is 0.692. The Morgan fingerprint density at radius 2 is 1.88 bits per heavy atom. The molecule has 8 heteroatoms. The number of benzene rings is 1. The second-order valence-corrected chi connectivity index (χ2v) is 9.37. The SMILES string of the molecule is CCCCC1C(COc2cccc([N+](=O)[O-])c2C#N)CCN(C(=O)O)C1(CCCC)CCCC. The first kappa shape index (κ1) is 27.4. The van der Waals surface area contributed by atoms with Crippen molar-refractivity contribution in [3.8, 4) is 11.8 Å². The van der Waals surface area contributed by atoms with Gasteiger partial charge in [0.25, 0.3) is 5.69 Å². The molecule has 1 heterocycles. The Kier molecular flexibility index (Phi) is 10.6. The minimum Gasteiger partial charge on any atom is -0.492 e. The van der Waals surface area contributed by atoms with Gasteiger partial charge < -0.3 is 14.7 Å². The lowest BCUT2D eigenvalue weighted by Crippen LogP contribution is -2.62. The van der Waals surface area contributed by atoms with E-state index in [2.05, 4.69) is 20.8 Å². The van der Waals surface area contributed by atoms with E-state index in [0.717, 1.165) is 57.8 Å². The first-order chi connectivity index (χ1) is 16.4. The zero-order valence-corrected chi connectivity index (χ0v) is 20.8. The lowest BCUT2D eigenvalue weighted by molar-refractivity contribution is -0.385. The van der Waals surface area contributed by atoms with Crippen molar-refractivity contribution in [3.63, 3.8) is 0 Å². The van der Waals surface area contributed by atoms with Gasteiger partial charge in [0.1, 0.15) is 11.8 Å². The molecule has 1 aliphatic rings. The van der Waals surface area contributed by atoms with Crippen LogP contribution in [-0.2, 0) is 0 Å². The molecule has 1 aromatic carbocycles. The summed E-state index contributed by atoms with van der Waals surface area (Å²) in [5, 5.41) is 31.0. The Bertz CT molecular complexity index is 858. The van der Waals surface area contributed by atoms with Crippen LogP contribution in [0.25, 0.3) is 0 Å². The largest absolute Gasteiger partial charge is 0.492 e. The highest BCUT2D eigenvalue weighted by atomic mass is 16.6. The monoisotopic (exact) mass is 473 g/mol. The Hall–Kier alpha value is -2.82. The molecule has 1 N–H and O–H groups in total. The average molecular weight is 474 g/mol. The minimum atomic E-state index is -0.849. The van der Waals surface area contributed by atoms with E-state index < -0.39 is 16.6 Å². The summed E-state index contributed by atoms with van der Waals surface area (Å²) in [5.41, 5.74) is -0.757. The molecular formula is C26H39N3O5. The maximum Gasteiger partial charge on any atom is 0.407 e. The molecule has 0 spiro atoms. The third-order valence-corrected chi connectivity index (χ3v) is 7.31. The fourth-order valence-corrected chi connectivity index (χ4v) is 5.60. The zero-order valence-electron chi connectivity index (χ0n) is 20.8. The van der Waals surface area contributed by atoms with Gasteiger partial charge in [-0.05, 0) is 43.6 Å². The number of hydrogen-bond donors (Lipinski definition) is 1. The summed E-state index contributed by atoms with van der Waals surface area (Å²) >= 11 is 0. The molecule has 0 saturated carbocycles. The highest BCUT2D eigenvalue weighted by Gasteiger charge is 2.51. The molecular weight excluding hydrogens is 434 g/mol. The van der Waals surface area contributed by atoms with Crippen LogP contribution >= 0.6 is 0 Å². The number of piperidine rings is 1. The van der Waals surface area contributed by atoms with Crippen LogP contribution in [0.15, 0.2) is 18.2 Å². The van der Waals surface area contributed by atoms with Gasteiger partial charge in [-0.3, -0.25) is 10.1 Å². The number of nitro groups is 1. The predicted molar refractivity (Wildman–Crippen MR) is 131 cm³/mol. The molecule has 2 atom stereocenters.